The minimum atomic E-state index is 0.918. The molecule has 0 fully saturated rings. The van der Waals surface area contributed by atoms with E-state index in [0.29, 0.717) is 0 Å². The van der Waals surface area contributed by atoms with E-state index >= 15 is 0 Å². The fraction of sp³-hybridized carbons (Fsp3) is 0.625. The molecule has 2 heteroatoms. The number of aliphatic imine (C=N–C) groups is 1. The zero-order chi connectivity index (χ0) is 7.98. The molecule has 0 heterocycles. The quantitative estimate of drug-likeness (QED) is 0.467. The minimum absolute atomic E-state index is 0.918. The second kappa shape index (κ2) is 5.03. The van der Waals surface area contributed by atoms with E-state index in [2.05, 4.69) is 23.8 Å². The molecule has 0 rings (SSSR count). The summed E-state index contributed by atoms with van der Waals surface area (Å²) in [4.78, 5) is 4.03. The highest BCUT2D eigenvalue weighted by molar-refractivity contribution is 5.97. The summed E-state index contributed by atoms with van der Waals surface area (Å²) in [5.74, 6) is 0.918. The fourth-order valence-corrected chi connectivity index (χ4v) is 0.664. The van der Waals surface area contributed by atoms with Gasteiger partial charge in [-0.1, -0.05) is 13.5 Å². The standard InChI is InChI=1S/C8H16N2/c1-5-6-10-8(9-4)7(2)3/h2,5-6H2,1,3-4H3,(H,9,10). The van der Waals surface area contributed by atoms with Crippen LogP contribution in [0.15, 0.2) is 17.1 Å². The van der Waals surface area contributed by atoms with Gasteiger partial charge in [0.05, 0.1) is 0 Å². The number of nitrogens with zero attached hydrogens (tertiary/aromatic N) is 1. The van der Waals surface area contributed by atoms with E-state index < -0.39 is 0 Å². The van der Waals surface area contributed by atoms with Crippen LogP contribution in [0, 0.1) is 0 Å². The maximum atomic E-state index is 4.03. The molecule has 0 aliphatic carbocycles. The number of nitrogens with one attached hydrogen (secondary N) is 1. The van der Waals surface area contributed by atoms with Crippen molar-refractivity contribution in [2.24, 2.45) is 4.99 Å². The summed E-state index contributed by atoms with van der Waals surface area (Å²) < 4.78 is 0. The van der Waals surface area contributed by atoms with E-state index in [1.807, 2.05) is 6.92 Å². The van der Waals surface area contributed by atoms with Gasteiger partial charge in [-0.3, -0.25) is 4.99 Å². The topological polar surface area (TPSA) is 24.4 Å². The van der Waals surface area contributed by atoms with E-state index in [1.165, 1.54) is 0 Å². The van der Waals surface area contributed by atoms with Crippen LogP contribution in [-0.2, 0) is 0 Å². The molecular formula is C8H16N2. The molecule has 0 aromatic carbocycles. The first kappa shape index (κ1) is 9.21. The van der Waals surface area contributed by atoms with Crippen LogP contribution in [0.5, 0.6) is 0 Å². The molecule has 0 aromatic rings. The second-order valence-electron chi connectivity index (χ2n) is 2.28. The van der Waals surface area contributed by atoms with Gasteiger partial charge in [0.25, 0.3) is 0 Å². The van der Waals surface area contributed by atoms with Crippen LogP contribution < -0.4 is 5.32 Å². The molecule has 0 unspecified atom stereocenters. The lowest BCUT2D eigenvalue weighted by molar-refractivity contribution is 0.837. The van der Waals surface area contributed by atoms with Gasteiger partial charge in [-0.2, -0.15) is 0 Å². The Kier molecular flexibility index (Phi) is 4.63. The van der Waals surface area contributed by atoms with Gasteiger partial charge in [0.15, 0.2) is 0 Å². The summed E-state index contributed by atoms with van der Waals surface area (Å²) in [5, 5.41) is 3.17. The Balaban J connectivity index is 3.74. The van der Waals surface area contributed by atoms with Gasteiger partial charge in [-0.25, -0.2) is 0 Å². The van der Waals surface area contributed by atoms with E-state index in [9.17, 15) is 0 Å². The summed E-state index contributed by atoms with van der Waals surface area (Å²) in [6.07, 6.45) is 1.12. The normalized spacial score (nSPS) is 11.3. The Morgan fingerprint density at radius 1 is 1.60 bits per heavy atom. The van der Waals surface area contributed by atoms with Crippen LogP contribution in [0.2, 0.25) is 0 Å². The zero-order valence-electron chi connectivity index (χ0n) is 7.07. The van der Waals surface area contributed by atoms with Gasteiger partial charge in [-0.05, 0) is 18.9 Å². The summed E-state index contributed by atoms with van der Waals surface area (Å²) >= 11 is 0. The molecule has 1 N–H and O–H groups in total. The van der Waals surface area contributed by atoms with Gasteiger partial charge in [0.1, 0.15) is 5.84 Å². The van der Waals surface area contributed by atoms with Crippen molar-refractivity contribution in [1.82, 2.24) is 5.32 Å². The largest absolute Gasteiger partial charge is 0.370 e. The molecule has 0 saturated heterocycles. The number of amidine groups is 1. The lowest BCUT2D eigenvalue weighted by atomic mass is 10.3. The Bertz CT molecular complexity index is 136. The van der Waals surface area contributed by atoms with E-state index in [0.717, 1.165) is 24.4 Å². The molecule has 2 nitrogen and oxygen atoms in total. The predicted molar refractivity (Wildman–Crippen MR) is 46.5 cm³/mol. The third kappa shape index (κ3) is 3.28. The summed E-state index contributed by atoms with van der Waals surface area (Å²) in [6.45, 7) is 8.83. The van der Waals surface area contributed by atoms with E-state index in [1.54, 1.807) is 7.05 Å². The van der Waals surface area contributed by atoms with E-state index in [4.69, 9.17) is 0 Å². The molecule has 58 valence electrons. The zero-order valence-corrected chi connectivity index (χ0v) is 7.07. The van der Waals surface area contributed by atoms with Crippen molar-refractivity contribution in [2.75, 3.05) is 13.6 Å². The van der Waals surface area contributed by atoms with Crippen molar-refractivity contribution in [3.8, 4) is 0 Å². The Labute approximate surface area is 63.0 Å². The maximum absolute atomic E-state index is 4.03. The monoisotopic (exact) mass is 140 g/mol. The molecule has 10 heavy (non-hydrogen) atoms. The lowest BCUT2D eigenvalue weighted by Gasteiger charge is -2.06. The Hall–Kier alpha value is -0.790. The molecule has 0 atom stereocenters. The molecule has 0 radical (unpaired) electrons. The summed E-state index contributed by atoms with van der Waals surface area (Å²) in [5.41, 5.74) is 0.996. The highest BCUT2D eigenvalue weighted by Crippen LogP contribution is 1.88. The van der Waals surface area contributed by atoms with Crippen molar-refractivity contribution in [2.45, 2.75) is 20.3 Å². The predicted octanol–water partition coefficient (Wildman–Crippen LogP) is 1.59. The molecule has 0 saturated carbocycles. The Morgan fingerprint density at radius 2 is 2.20 bits per heavy atom. The van der Waals surface area contributed by atoms with Crippen molar-refractivity contribution in [3.63, 3.8) is 0 Å². The van der Waals surface area contributed by atoms with Gasteiger partial charge < -0.3 is 5.32 Å². The van der Waals surface area contributed by atoms with E-state index in [-0.39, 0.29) is 0 Å². The van der Waals surface area contributed by atoms with Crippen molar-refractivity contribution >= 4 is 5.84 Å². The summed E-state index contributed by atoms with van der Waals surface area (Å²) in [6, 6.07) is 0. The molecule has 0 aliphatic heterocycles. The molecule has 0 bridgehead atoms. The van der Waals surface area contributed by atoms with Gasteiger partial charge in [0.2, 0.25) is 0 Å². The van der Waals surface area contributed by atoms with Crippen LogP contribution in [-0.4, -0.2) is 19.4 Å². The first-order chi connectivity index (χ1) is 4.72. The SMILES string of the molecule is C=C(C)/C(=N\C)NCCC. The smallest absolute Gasteiger partial charge is 0.122 e. The van der Waals surface area contributed by atoms with Crippen molar-refractivity contribution in [1.29, 1.82) is 0 Å². The number of hydrogen-bond acceptors (Lipinski definition) is 1. The minimum Gasteiger partial charge on any atom is -0.370 e. The molecule has 0 amide bonds. The van der Waals surface area contributed by atoms with Crippen molar-refractivity contribution < 1.29 is 0 Å². The van der Waals surface area contributed by atoms with Crippen molar-refractivity contribution in [3.05, 3.63) is 12.2 Å². The molecular weight excluding hydrogens is 124 g/mol. The number of hydrogen-bond donors (Lipinski definition) is 1. The number of rotatable bonds is 3. The third-order valence-electron chi connectivity index (χ3n) is 1.17. The lowest BCUT2D eigenvalue weighted by Crippen LogP contribution is -2.24. The van der Waals surface area contributed by atoms with Crippen LogP contribution in [0.1, 0.15) is 20.3 Å². The molecule has 0 spiro atoms. The third-order valence-corrected chi connectivity index (χ3v) is 1.17. The molecule has 0 aromatic heterocycles. The molecule has 0 aliphatic rings. The fourth-order valence-electron chi connectivity index (χ4n) is 0.664. The van der Waals surface area contributed by atoms with Gasteiger partial charge in [0, 0.05) is 13.6 Å². The van der Waals surface area contributed by atoms with Crippen LogP contribution in [0.4, 0.5) is 0 Å². The summed E-state index contributed by atoms with van der Waals surface area (Å²) in [7, 11) is 1.77. The van der Waals surface area contributed by atoms with Gasteiger partial charge >= 0.3 is 0 Å². The average Bonchev–Trinajstić information content (AvgIpc) is 1.89. The highest BCUT2D eigenvalue weighted by Gasteiger charge is 1.94. The highest BCUT2D eigenvalue weighted by atomic mass is 15.0. The maximum Gasteiger partial charge on any atom is 0.122 e. The van der Waals surface area contributed by atoms with Crippen LogP contribution in [0.3, 0.4) is 0 Å². The van der Waals surface area contributed by atoms with Crippen LogP contribution >= 0.6 is 0 Å². The van der Waals surface area contributed by atoms with Crippen LogP contribution in [0.25, 0.3) is 0 Å². The second-order valence-corrected chi connectivity index (χ2v) is 2.28. The van der Waals surface area contributed by atoms with Gasteiger partial charge in [-0.15, -0.1) is 0 Å². The first-order valence-electron chi connectivity index (χ1n) is 3.59. The average molecular weight is 140 g/mol. The Morgan fingerprint density at radius 3 is 2.50 bits per heavy atom. The first-order valence-corrected chi connectivity index (χ1v) is 3.59.